The lowest BCUT2D eigenvalue weighted by atomic mass is 10.0. The summed E-state index contributed by atoms with van der Waals surface area (Å²) in [6.45, 7) is 2.44. The Bertz CT molecular complexity index is 518. The first-order valence-corrected chi connectivity index (χ1v) is 7.17. The average molecular weight is 294 g/mol. The van der Waals surface area contributed by atoms with E-state index in [4.69, 9.17) is 10.9 Å². The van der Waals surface area contributed by atoms with E-state index in [-0.39, 0.29) is 11.4 Å². The zero-order valence-electron chi connectivity index (χ0n) is 12.6. The maximum absolute atomic E-state index is 14.4. The van der Waals surface area contributed by atoms with Crippen molar-refractivity contribution < 1.29 is 9.60 Å². The van der Waals surface area contributed by atoms with Gasteiger partial charge in [0.05, 0.1) is 5.56 Å². The maximum atomic E-state index is 14.4. The van der Waals surface area contributed by atoms with E-state index in [1.165, 1.54) is 12.5 Å². The number of oxime groups is 1. The van der Waals surface area contributed by atoms with Crippen LogP contribution >= 0.6 is 0 Å². The highest BCUT2D eigenvalue weighted by Gasteiger charge is 2.22. The van der Waals surface area contributed by atoms with Gasteiger partial charge in [-0.1, -0.05) is 17.3 Å². The van der Waals surface area contributed by atoms with Crippen LogP contribution in [0.1, 0.15) is 24.0 Å². The van der Waals surface area contributed by atoms with E-state index in [0.29, 0.717) is 18.2 Å². The molecule has 5 nitrogen and oxygen atoms in total. The molecule has 0 saturated carbocycles. The number of amidine groups is 1. The highest BCUT2D eigenvalue weighted by atomic mass is 19.1. The van der Waals surface area contributed by atoms with Gasteiger partial charge in [0.25, 0.3) is 0 Å². The van der Waals surface area contributed by atoms with E-state index in [1.807, 2.05) is 0 Å². The van der Waals surface area contributed by atoms with Crippen LogP contribution in [0.4, 0.5) is 4.39 Å². The molecule has 1 heterocycles. The van der Waals surface area contributed by atoms with E-state index in [0.717, 1.165) is 19.5 Å². The van der Waals surface area contributed by atoms with Gasteiger partial charge in [0, 0.05) is 24.7 Å². The number of likely N-dealkylation sites (N-methyl/N-ethyl adjacent to an activating group) is 1. The summed E-state index contributed by atoms with van der Waals surface area (Å²) in [6, 6.07) is 5.52. The maximum Gasteiger partial charge on any atom is 0.173 e. The van der Waals surface area contributed by atoms with Crippen LogP contribution in [0, 0.1) is 5.82 Å². The van der Waals surface area contributed by atoms with E-state index < -0.39 is 5.82 Å². The van der Waals surface area contributed by atoms with Crippen molar-refractivity contribution in [1.29, 1.82) is 0 Å². The molecule has 0 aromatic heterocycles. The minimum Gasteiger partial charge on any atom is -0.409 e. The molecule has 0 bridgehead atoms. The molecule has 6 heteroatoms. The van der Waals surface area contributed by atoms with E-state index in [1.54, 1.807) is 12.1 Å². The van der Waals surface area contributed by atoms with E-state index in [2.05, 4.69) is 29.1 Å². The van der Waals surface area contributed by atoms with Crippen LogP contribution in [-0.4, -0.2) is 54.1 Å². The lowest BCUT2D eigenvalue weighted by Crippen LogP contribution is -2.44. The molecule has 3 N–H and O–H groups in total. The molecule has 2 rings (SSSR count). The molecule has 1 saturated heterocycles. The zero-order valence-corrected chi connectivity index (χ0v) is 12.6. The van der Waals surface area contributed by atoms with Crippen molar-refractivity contribution in [2.75, 3.05) is 27.2 Å². The molecule has 1 aliphatic heterocycles. The first-order chi connectivity index (χ1) is 10.0. The van der Waals surface area contributed by atoms with Gasteiger partial charge < -0.3 is 15.8 Å². The van der Waals surface area contributed by atoms with Crippen molar-refractivity contribution in [1.82, 2.24) is 9.80 Å². The molecule has 21 heavy (non-hydrogen) atoms. The summed E-state index contributed by atoms with van der Waals surface area (Å²) in [4.78, 5) is 4.47. The minimum atomic E-state index is -0.403. The topological polar surface area (TPSA) is 65.1 Å². The molecule has 0 amide bonds. The molecule has 1 atom stereocenters. The molecule has 1 aromatic carbocycles. The van der Waals surface area contributed by atoms with Gasteiger partial charge in [0.1, 0.15) is 5.82 Å². The molecule has 1 fully saturated rings. The van der Waals surface area contributed by atoms with Gasteiger partial charge in [-0.05, 0) is 39.5 Å². The van der Waals surface area contributed by atoms with Crippen molar-refractivity contribution in [3.8, 4) is 0 Å². The molecule has 116 valence electrons. The Balaban J connectivity index is 2.13. The summed E-state index contributed by atoms with van der Waals surface area (Å²) in [5, 5.41) is 11.6. The Labute approximate surface area is 124 Å². The molecule has 0 radical (unpaired) electrons. The fourth-order valence-corrected chi connectivity index (χ4v) is 2.79. The molecule has 0 aliphatic carbocycles. The third-order valence-electron chi connectivity index (χ3n) is 4.07. The van der Waals surface area contributed by atoms with Crippen LogP contribution in [0.15, 0.2) is 23.4 Å². The van der Waals surface area contributed by atoms with Crippen LogP contribution in [0.3, 0.4) is 0 Å². The summed E-state index contributed by atoms with van der Waals surface area (Å²) < 4.78 is 14.4. The van der Waals surface area contributed by atoms with Crippen molar-refractivity contribution in [2.45, 2.75) is 25.4 Å². The number of hydrogen-bond acceptors (Lipinski definition) is 4. The Morgan fingerprint density at radius 2 is 2.29 bits per heavy atom. The first kappa shape index (κ1) is 15.7. The van der Waals surface area contributed by atoms with E-state index >= 15 is 0 Å². The number of likely N-dealkylation sites (tertiary alicyclic amines) is 1. The second-order valence-corrected chi connectivity index (χ2v) is 5.76. The lowest BCUT2D eigenvalue weighted by Gasteiger charge is -2.36. The molecule has 1 aliphatic rings. The molecular formula is C15H23FN4O. The van der Waals surface area contributed by atoms with Gasteiger partial charge in [-0.3, -0.25) is 4.90 Å². The fourth-order valence-electron chi connectivity index (χ4n) is 2.79. The smallest absolute Gasteiger partial charge is 0.173 e. The number of benzene rings is 1. The molecule has 1 aromatic rings. The molecule has 0 spiro atoms. The number of piperidine rings is 1. The first-order valence-electron chi connectivity index (χ1n) is 7.17. The van der Waals surface area contributed by atoms with Crippen molar-refractivity contribution in [2.24, 2.45) is 10.9 Å². The Morgan fingerprint density at radius 1 is 1.52 bits per heavy atom. The average Bonchev–Trinajstić information content (AvgIpc) is 2.49. The van der Waals surface area contributed by atoms with Crippen molar-refractivity contribution >= 4 is 5.84 Å². The van der Waals surface area contributed by atoms with Crippen LogP contribution in [0.2, 0.25) is 0 Å². The number of nitrogens with zero attached hydrogens (tertiary/aromatic N) is 3. The Kier molecular flexibility index (Phi) is 5.14. The summed E-state index contributed by atoms with van der Waals surface area (Å²) in [7, 11) is 4.15. The SMILES string of the molecule is CN(C)C1CCCN(Cc2cccc(/C(N)=N/O)c2F)C1. The summed E-state index contributed by atoms with van der Waals surface area (Å²) >= 11 is 0. The highest BCUT2D eigenvalue weighted by molar-refractivity contribution is 5.97. The summed E-state index contributed by atoms with van der Waals surface area (Å²) in [5.74, 6) is -0.598. The Hall–Kier alpha value is -1.66. The molecular weight excluding hydrogens is 271 g/mol. The van der Waals surface area contributed by atoms with Crippen molar-refractivity contribution in [3.05, 3.63) is 35.1 Å². The Morgan fingerprint density at radius 3 is 2.95 bits per heavy atom. The van der Waals surface area contributed by atoms with Gasteiger partial charge in [-0.25, -0.2) is 4.39 Å². The minimum absolute atomic E-state index is 0.149. The normalized spacial score (nSPS) is 21.0. The number of nitrogens with two attached hydrogens (primary N) is 1. The standard InChI is InChI=1S/C15H23FN4O/c1-19(2)12-6-4-8-20(10-12)9-11-5-3-7-13(14(11)16)15(17)18-21/h3,5,7,12,21H,4,6,8-10H2,1-2H3,(H2,17,18). The van der Waals surface area contributed by atoms with Gasteiger partial charge in [0.15, 0.2) is 5.84 Å². The summed E-state index contributed by atoms with van der Waals surface area (Å²) in [5.41, 5.74) is 6.23. The number of rotatable bonds is 4. The second kappa shape index (κ2) is 6.87. The quantitative estimate of drug-likeness (QED) is 0.382. The van der Waals surface area contributed by atoms with Crippen LogP contribution < -0.4 is 5.73 Å². The van der Waals surface area contributed by atoms with Crippen molar-refractivity contribution in [3.63, 3.8) is 0 Å². The highest BCUT2D eigenvalue weighted by Crippen LogP contribution is 2.19. The van der Waals surface area contributed by atoms with Gasteiger partial charge in [-0.2, -0.15) is 0 Å². The van der Waals surface area contributed by atoms with Gasteiger partial charge in [-0.15, -0.1) is 0 Å². The van der Waals surface area contributed by atoms with Crippen LogP contribution in [0.5, 0.6) is 0 Å². The summed E-state index contributed by atoms with van der Waals surface area (Å²) in [6.07, 6.45) is 2.29. The fraction of sp³-hybridized carbons (Fsp3) is 0.533. The van der Waals surface area contributed by atoms with Crippen LogP contribution in [0.25, 0.3) is 0 Å². The third kappa shape index (κ3) is 3.71. The lowest BCUT2D eigenvalue weighted by molar-refractivity contribution is 0.127. The van der Waals surface area contributed by atoms with Crippen LogP contribution in [-0.2, 0) is 6.54 Å². The number of halogens is 1. The second-order valence-electron chi connectivity index (χ2n) is 5.76. The number of hydrogen-bond donors (Lipinski definition) is 2. The zero-order chi connectivity index (χ0) is 15.4. The largest absolute Gasteiger partial charge is 0.409 e. The molecule has 1 unspecified atom stereocenters. The van der Waals surface area contributed by atoms with Gasteiger partial charge >= 0.3 is 0 Å². The predicted molar refractivity (Wildman–Crippen MR) is 80.9 cm³/mol. The third-order valence-corrected chi connectivity index (χ3v) is 4.07. The monoisotopic (exact) mass is 294 g/mol. The predicted octanol–water partition coefficient (Wildman–Crippen LogP) is 1.45. The van der Waals surface area contributed by atoms with Gasteiger partial charge in [0.2, 0.25) is 0 Å². The van der Waals surface area contributed by atoms with E-state index in [9.17, 15) is 4.39 Å².